The number of aromatic amines is 1. The summed E-state index contributed by atoms with van der Waals surface area (Å²) in [6.45, 7) is 1.11. The van der Waals surface area contributed by atoms with Gasteiger partial charge in [0.25, 0.3) is 5.91 Å². The quantitative estimate of drug-likeness (QED) is 0.459. The number of rotatable bonds is 6. The second kappa shape index (κ2) is 10.4. The number of hydrogen-bond acceptors (Lipinski definition) is 4. The highest BCUT2D eigenvalue weighted by atomic mass is 35.5. The topological polar surface area (TPSA) is 137 Å². The highest BCUT2D eigenvalue weighted by molar-refractivity contribution is 6.31. The van der Waals surface area contributed by atoms with Gasteiger partial charge in [-0.2, -0.15) is 0 Å². The average molecular weight is 528 g/mol. The first kappa shape index (κ1) is 25.6. The number of nitrogens with two attached hydrogens (primary N) is 1. The number of hydrogen-bond donors (Lipinski definition) is 4. The van der Waals surface area contributed by atoms with Gasteiger partial charge in [0, 0.05) is 34.9 Å². The Labute approximate surface area is 220 Å². The molecule has 1 aromatic carbocycles. The largest absolute Gasteiger partial charge is 0.368 e. The van der Waals surface area contributed by atoms with Gasteiger partial charge in [-0.05, 0) is 62.1 Å². The van der Waals surface area contributed by atoms with Crippen molar-refractivity contribution >= 4 is 46.1 Å². The molecule has 198 valence electrons. The first-order chi connectivity index (χ1) is 17.7. The van der Waals surface area contributed by atoms with E-state index in [1.54, 1.807) is 23.1 Å². The number of amides is 4. The molecule has 5 N–H and O–H groups in total. The van der Waals surface area contributed by atoms with Gasteiger partial charge in [0.15, 0.2) is 0 Å². The Balaban J connectivity index is 1.38. The van der Waals surface area contributed by atoms with E-state index in [9.17, 15) is 19.2 Å². The van der Waals surface area contributed by atoms with Gasteiger partial charge in [-0.15, -0.1) is 0 Å². The Kier molecular flexibility index (Phi) is 7.16. The second-order valence-electron chi connectivity index (χ2n) is 11.0. The Morgan fingerprint density at radius 3 is 2.68 bits per heavy atom. The molecule has 3 fully saturated rings. The fourth-order valence-corrected chi connectivity index (χ4v) is 6.57. The van der Waals surface area contributed by atoms with Crippen LogP contribution in [0.1, 0.15) is 68.3 Å². The van der Waals surface area contributed by atoms with Gasteiger partial charge in [0.2, 0.25) is 17.7 Å². The van der Waals surface area contributed by atoms with Crippen LogP contribution >= 0.6 is 11.6 Å². The van der Waals surface area contributed by atoms with Crippen molar-refractivity contribution in [3.05, 3.63) is 35.0 Å². The van der Waals surface area contributed by atoms with Gasteiger partial charge in [0.1, 0.15) is 17.8 Å². The monoisotopic (exact) mass is 527 g/mol. The number of fused-ring (bicyclic) bond motifs is 1. The number of likely N-dealkylation sites (tertiary alicyclic amines) is 1. The van der Waals surface area contributed by atoms with E-state index in [1.807, 2.05) is 6.07 Å². The maximum Gasteiger partial charge on any atom is 0.271 e. The lowest BCUT2D eigenvalue weighted by atomic mass is 9.72. The van der Waals surface area contributed by atoms with E-state index in [2.05, 4.69) is 15.6 Å². The van der Waals surface area contributed by atoms with Gasteiger partial charge >= 0.3 is 0 Å². The normalized spacial score (nSPS) is 24.1. The molecule has 10 heteroatoms. The third kappa shape index (κ3) is 5.32. The van der Waals surface area contributed by atoms with E-state index in [0.29, 0.717) is 36.6 Å². The summed E-state index contributed by atoms with van der Waals surface area (Å²) in [5.74, 6) is -1.82. The molecule has 3 aliphatic rings. The lowest BCUT2D eigenvalue weighted by Crippen LogP contribution is -2.53. The van der Waals surface area contributed by atoms with Crippen LogP contribution in [0.3, 0.4) is 0 Å². The summed E-state index contributed by atoms with van der Waals surface area (Å²) >= 11 is 6.12. The van der Waals surface area contributed by atoms with Gasteiger partial charge in [0.05, 0.1) is 0 Å². The highest BCUT2D eigenvalue weighted by Gasteiger charge is 2.49. The zero-order valence-electron chi connectivity index (χ0n) is 20.9. The van der Waals surface area contributed by atoms with Crippen molar-refractivity contribution in [2.75, 3.05) is 13.1 Å². The first-order valence-electron chi connectivity index (χ1n) is 13.2. The van der Waals surface area contributed by atoms with Crippen molar-refractivity contribution in [1.82, 2.24) is 20.5 Å². The number of carbonyl (C=O) groups excluding carboxylic acids is 4. The van der Waals surface area contributed by atoms with Crippen LogP contribution in [-0.4, -0.2) is 58.7 Å². The average Bonchev–Trinajstić information content (AvgIpc) is 3.46. The van der Waals surface area contributed by atoms with E-state index >= 15 is 0 Å². The first-order valence-corrected chi connectivity index (χ1v) is 13.6. The van der Waals surface area contributed by atoms with E-state index in [-0.39, 0.29) is 29.6 Å². The molecule has 1 saturated carbocycles. The van der Waals surface area contributed by atoms with Crippen LogP contribution in [0.15, 0.2) is 24.3 Å². The molecule has 1 aliphatic carbocycles. The van der Waals surface area contributed by atoms with Gasteiger partial charge in [-0.1, -0.05) is 36.9 Å². The van der Waals surface area contributed by atoms with Crippen molar-refractivity contribution in [1.29, 1.82) is 0 Å². The Morgan fingerprint density at radius 1 is 1.16 bits per heavy atom. The molecule has 1 aromatic heterocycles. The molecule has 2 aliphatic heterocycles. The van der Waals surface area contributed by atoms with Crippen LogP contribution in [-0.2, 0) is 14.4 Å². The van der Waals surface area contributed by atoms with Crippen molar-refractivity contribution in [2.24, 2.45) is 17.1 Å². The zero-order valence-corrected chi connectivity index (χ0v) is 21.6. The SMILES string of the molecule is NC(=O)C(C[C@@H]1CCCNC1=O)NC(=O)C1CC2(CCCCC2)CN1C(=O)c1cc2ccc(Cl)cc2[nH]1. The Bertz CT molecular complexity index is 1220. The molecule has 0 bridgehead atoms. The van der Waals surface area contributed by atoms with Crippen molar-refractivity contribution in [3.8, 4) is 0 Å². The minimum atomic E-state index is -0.976. The van der Waals surface area contributed by atoms with Crippen LogP contribution in [0.2, 0.25) is 5.02 Å². The molecule has 2 saturated heterocycles. The minimum absolute atomic E-state index is 0.114. The zero-order chi connectivity index (χ0) is 26.2. The second-order valence-corrected chi connectivity index (χ2v) is 11.4. The number of nitrogens with zero attached hydrogens (tertiary/aromatic N) is 1. The third-order valence-electron chi connectivity index (χ3n) is 8.38. The van der Waals surface area contributed by atoms with E-state index in [1.165, 1.54) is 0 Å². The number of carbonyl (C=O) groups is 4. The number of piperidine rings is 1. The molecule has 3 atom stereocenters. The summed E-state index contributed by atoms with van der Waals surface area (Å²) < 4.78 is 0. The molecule has 37 heavy (non-hydrogen) atoms. The third-order valence-corrected chi connectivity index (χ3v) is 8.62. The van der Waals surface area contributed by atoms with Gasteiger partial charge < -0.3 is 26.3 Å². The predicted molar refractivity (Wildman–Crippen MR) is 140 cm³/mol. The van der Waals surface area contributed by atoms with Crippen molar-refractivity contribution < 1.29 is 19.2 Å². The number of aromatic nitrogens is 1. The molecular formula is C27H34ClN5O4. The number of benzene rings is 1. The van der Waals surface area contributed by atoms with E-state index in [4.69, 9.17) is 17.3 Å². The van der Waals surface area contributed by atoms with Crippen LogP contribution in [0.5, 0.6) is 0 Å². The number of H-pyrrole nitrogens is 1. The number of halogens is 1. The van der Waals surface area contributed by atoms with Crippen LogP contribution in [0.25, 0.3) is 10.9 Å². The molecular weight excluding hydrogens is 494 g/mol. The maximum atomic E-state index is 13.8. The molecule has 4 amide bonds. The standard InChI is InChI=1S/C27H34ClN5O4/c28-18-7-6-16-11-21(31-19(16)13-18)26(37)33-15-27(8-2-1-3-9-27)14-22(33)25(36)32-20(23(29)34)12-17-5-4-10-30-24(17)35/h6-7,11,13,17,20,22,31H,1-5,8-10,12,14-15H2,(H2,29,34)(H,30,35)(H,32,36)/t17-,20?,22?/m0/s1. The molecule has 5 rings (SSSR count). The number of primary amides is 1. The summed E-state index contributed by atoms with van der Waals surface area (Å²) in [5, 5.41) is 7.04. The summed E-state index contributed by atoms with van der Waals surface area (Å²) in [4.78, 5) is 56.7. The number of nitrogens with one attached hydrogen (secondary N) is 3. The summed E-state index contributed by atoms with van der Waals surface area (Å²) in [7, 11) is 0. The Morgan fingerprint density at radius 2 is 1.95 bits per heavy atom. The summed E-state index contributed by atoms with van der Waals surface area (Å²) in [6.07, 6.45) is 7.39. The molecule has 9 nitrogen and oxygen atoms in total. The summed E-state index contributed by atoms with van der Waals surface area (Å²) in [5.41, 5.74) is 6.68. The smallest absolute Gasteiger partial charge is 0.271 e. The van der Waals surface area contributed by atoms with Crippen molar-refractivity contribution in [3.63, 3.8) is 0 Å². The van der Waals surface area contributed by atoms with Gasteiger partial charge in [-0.25, -0.2) is 0 Å². The molecule has 2 aromatic rings. The lowest BCUT2D eigenvalue weighted by molar-refractivity contribution is -0.132. The van der Waals surface area contributed by atoms with Crippen LogP contribution in [0, 0.1) is 11.3 Å². The van der Waals surface area contributed by atoms with E-state index < -0.39 is 23.9 Å². The van der Waals surface area contributed by atoms with Gasteiger partial charge in [-0.3, -0.25) is 19.2 Å². The summed E-state index contributed by atoms with van der Waals surface area (Å²) in [6, 6.07) is 5.47. The molecule has 3 heterocycles. The van der Waals surface area contributed by atoms with Crippen LogP contribution in [0.4, 0.5) is 0 Å². The van der Waals surface area contributed by atoms with Crippen molar-refractivity contribution in [2.45, 2.75) is 69.9 Å². The van der Waals surface area contributed by atoms with E-state index in [0.717, 1.165) is 49.4 Å². The highest BCUT2D eigenvalue weighted by Crippen LogP contribution is 2.46. The fraction of sp³-hybridized carbons (Fsp3) is 0.556. The minimum Gasteiger partial charge on any atom is -0.368 e. The van der Waals surface area contributed by atoms with Crippen LogP contribution < -0.4 is 16.4 Å². The Hall–Kier alpha value is -3.07. The maximum absolute atomic E-state index is 13.8. The lowest BCUT2D eigenvalue weighted by Gasteiger charge is -2.32. The molecule has 2 unspecified atom stereocenters. The fourth-order valence-electron chi connectivity index (χ4n) is 6.40. The predicted octanol–water partition coefficient (Wildman–Crippen LogP) is 2.87. The molecule has 1 spiro atoms. The molecule has 0 radical (unpaired) electrons.